The number of halogens is 1. The number of aromatic nitrogens is 3. The Morgan fingerprint density at radius 3 is 2.67 bits per heavy atom. The summed E-state index contributed by atoms with van der Waals surface area (Å²) in [5.74, 6) is 0.0245. The Bertz CT molecular complexity index is 1090. The highest BCUT2D eigenvalue weighted by molar-refractivity contribution is 6.33. The van der Waals surface area contributed by atoms with E-state index in [9.17, 15) is 19.8 Å². The van der Waals surface area contributed by atoms with Crippen LogP contribution in [0.3, 0.4) is 0 Å². The molecule has 0 amide bonds. The topological polar surface area (TPSA) is 131 Å². The van der Waals surface area contributed by atoms with Crippen LogP contribution in [0.2, 0.25) is 5.02 Å². The number of hydrogen-bond donors (Lipinski definition) is 3. The van der Waals surface area contributed by atoms with Crippen molar-refractivity contribution < 1.29 is 19.4 Å². The summed E-state index contributed by atoms with van der Waals surface area (Å²) in [5.41, 5.74) is -0.289. The number of benzene rings is 1. The van der Waals surface area contributed by atoms with Crippen molar-refractivity contribution in [3.8, 4) is 11.3 Å². The highest BCUT2D eigenvalue weighted by atomic mass is 35.5. The normalized spacial score (nSPS) is 25.0. The standard InChI is InChI=1S/C17H14ClN3O6/c18-9-4-2-1-3-8(9)10-7-26-15(19-10)14-12(23)13(24)16(27-14)21-6-5-11(22)20-17(21)25/h1-7,12-14,16,23-24H,(H,20,22,25)/t12-,13+,14-,16+/m0/s1. The zero-order valence-corrected chi connectivity index (χ0v) is 14.4. The third-order valence-corrected chi connectivity index (χ3v) is 4.61. The first-order chi connectivity index (χ1) is 13.0. The minimum atomic E-state index is -1.44. The summed E-state index contributed by atoms with van der Waals surface area (Å²) in [7, 11) is 0. The van der Waals surface area contributed by atoms with Gasteiger partial charge in [-0.2, -0.15) is 0 Å². The van der Waals surface area contributed by atoms with E-state index in [2.05, 4.69) is 9.97 Å². The highest BCUT2D eigenvalue weighted by Crippen LogP contribution is 2.39. The molecule has 9 nitrogen and oxygen atoms in total. The maximum Gasteiger partial charge on any atom is 0.330 e. The number of ether oxygens (including phenoxy) is 1. The van der Waals surface area contributed by atoms with Gasteiger partial charge in [0.2, 0.25) is 5.89 Å². The molecule has 1 fully saturated rings. The van der Waals surface area contributed by atoms with Gasteiger partial charge >= 0.3 is 5.69 Å². The molecule has 1 aromatic carbocycles. The molecule has 0 aliphatic carbocycles. The summed E-state index contributed by atoms with van der Waals surface area (Å²) in [6.07, 6.45) is -2.63. The minimum absolute atomic E-state index is 0.0245. The summed E-state index contributed by atoms with van der Waals surface area (Å²) in [6, 6.07) is 8.14. The second-order valence-electron chi connectivity index (χ2n) is 6.00. The van der Waals surface area contributed by atoms with Crippen LogP contribution in [-0.4, -0.2) is 37.0 Å². The largest absolute Gasteiger partial charge is 0.445 e. The van der Waals surface area contributed by atoms with Crippen molar-refractivity contribution in [3.63, 3.8) is 0 Å². The van der Waals surface area contributed by atoms with Crippen LogP contribution >= 0.6 is 11.6 Å². The molecule has 2 aromatic heterocycles. The van der Waals surface area contributed by atoms with Crippen LogP contribution in [0.15, 0.2) is 56.8 Å². The lowest BCUT2D eigenvalue weighted by atomic mass is 10.1. The fourth-order valence-corrected chi connectivity index (χ4v) is 3.16. The fourth-order valence-electron chi connectivity index (χ4n) is 2.93. The number of aliphatic hydroxyl groups excluding tert-OH is 2. The second kappa shape index (κ2) is 6.78. The average molecular weight is 392 g/mol. The van der Waals surface area contributed by atoms with Crippen molar-refractivity contribution in [3.05, 3.63) is 74.5 Å². The molecule has 0 bridgehead atoms. The molecule has 0 saturated carbocycles. The average Bonchev–Trinajstić information content (AvgIpc) is 3.22. The molecule has 0 unspecified atom stereocenters. The summed E-state index contributed by atoms with van der Waals surface area (Å²) < 4.78 is 12.0. The zero-order chi connectivity index (χ0) is 19.1. The van der Waals surface area contributed by atoms with E-state index < -0.39 is 35.8 Å². The number of aliphatic hydroxyl groups is 2. The lowest BCUT2D eigenvalue weighted by Crippen LogP contribution is -2.37. The fraction of sp³-hybridized carbons (Fsp3) is 0.235. The van der Waals surface area contributed by atoms with Crippen molar-refractivity contribution in [1.29, 1.82) is 0 Å². The molecule has 27 heavy (non-hydrogen) atoms. The van der Waals surface area contributed by atoms with E-state index >= 15 is 0 Å². The predicted molar refractivity (Wildman–Crippen MR) is 93.1 cm³/mol. The van der Waals surface area contributed by atoms with E-state index in [0.717, 1.165) is 10.6 Å². The van der Waals surface area contributed by atoms with Crippen molar-refractivity contribution in [2.75, 3.05) is 0 Å². The van der Waals surface area contributed by atoms with Gasteiger partial charge in [0.1, 0.15) is 24.2 Å². The van der Waals surface area contributed by atoms with Crippen molar-refractivity contribution in [2.45, 2.75) is 24.5 Å². The van der Waals surface area contributed by atoms with E-state index in [1.165, 1.54) is 12.5 Å². The summed E-state index contributed by atoms with van der Waals surface area (Å²) in [6.45, 7) is 0. The van der Waals surface area contributed by atoms with Crippen molar-refractivity contribution in [2.24, 2.45) is 0 Å². The number of nitrogens with one attached hydrogen (secondary N) is 1. The first kappa shape index (κ1) is 17.7. The van der Waals surface area contributed by atoms with Gasteiger partial charge in [0.05, 0.1) is 5.02 Å². The summed E-state index contributed by atoms with van der Waals surface area (Å²) in [5, 5.41) is 21.1. The van der Waals surface area contributed by atoms with Gasteiger partial charge in [0.25, 0.3) is 5.56 Å². The van der Waals surface area contributed by atoms with Crippen LogP contribution in [0.4, 0.5) is 0 Å². The molecule has 0 radical (unpaired) electrons. The van der Waals surface area contributed by atoms with Crippen molar-refractivity contribution >= 4 is 11.6 Å². The third-order valence-electron chi connectivity index (χ3n) is 4.28. The number of rotatable bonds is 3. The molecular formula is C17H14ClN3O6. The first-order valence-electron chi connectivity index (χ1n) is 7.99. The van der Waals surface area contributed by atoms with Gasteiger partial charge in [0, 0.05) is 17.8 Å². The maximum atomic E-state index is 11.9. The Morgan fingerprint density at radius 1 is 1.15 bits per heavy atom. The Hall–Kier alpha value is -2.72. The molecule has 1 saturated heterocycles. The van der Waals surface area contributed by atoms with Gasteiger partial charge < -0.3 is 19.4 Å². The van der Waals surface area contributed by atoms with Crippen LogP contribution in [0.1, 0.15) is 18.2 Å². The Labute approximate surface area is 156 Å². The summed E-state index contributed by atoms with van der Waals surface area (Å²) >= 11 is 6.14. The lowest BCUT2D eigenvalue weighted by Gasteiger charge is -2.16. The molecule has 1 aliphatic rings. The summed E-state index contributed by atoms with van der Waals surface area (Å²) in [4.78, 5) is 29.5. The van der Waals surface area contributed by atoms with E-state index in [1.807, 2.05) is 0 Å². The maximum absolute atomic E-state index is 11.9. The van der Waals surface area contributed by atoms with Crippen LogP contribution < -0.4 is 11.2 Å². The molecular weight excluding hydrogens is 378 g/mol. The van der Waals surface area contributed by atoms with Gasteiger partial charge in [-0.25, -0.2) is 9.78 Å². The second-order valence-corrected chi connectivity index (χ2v) is 6.40. The molecule has 10 heteroatoms. The smallest absolute Gasteiger partial charge is 0.330 e. The van der Waals surface area contributed by atoms with Gasteiger partial charge in [-0.05, 0) is 6.07 Å². The third kappa shape index (κ3) is 3.10. The number of aromatic amines is 1. The van der Waals surface area contributed by atoms with Crippen LogP contribution in [0.25, 0.3) is 11.3 Å². The van der Waals surface area contributed by atoms with Crippen molar-refractivity contribution in [1.82, 2.24) is 14.5 Å². The van der Waals surface area contributed by atoms with Crippen LogP contribution in [0, 0.1) is 0 Å². The van der Waals surface area contributed by atoms with Crippen LogP contribution in [-0.2, 0) is 4.74 Å². The molecule has 0 spiro atoms. The first-order valence-corrected chi connectivity index (χ1v) is 8.37. The molecule has 3 aromatic rings. The van der Waals surface area contributed by atoms with Crippen LogP contribution in [0.5, 0.6) is 0 Å². The minimum Gasteiger partial charge on any atom is -0.445 e. The molecule has 4 rings (SSSR count). The Kier molecular flexibility index (Phi) is 4.44. The number of hydrogen-bond acceptors (Lipinski definition) is 7. The van der Waals surface area contributed by atoms with Gasteiger partial charge in [-0.15, -0.1) is 0 Å². The molecule has 3 heterocycles. The quantitative estimate of drug-likeness (QED) is 0.602. The van der Waals surface area contributed by atoms with E-state index in [4.69, 9.17) is 20.8 Å². The van der Waals surface area contributed by atoms with E-state index in [-0.39, 0.29) is 5.89 Å². The van der Waals surface area contributed by atoms with E-state index in [1.54, 1.807) is 24.3 Å². The molecule has 140 valence electrons. The van der Waals surface area contributed by atoms with Gasteiger partial charge in [-0.1, -0.05) is 29.8 Å². The van der Waals surface area contributed by atoms with E-state index in [0.29, 0.717) is 16.3 Å². The lowest BCUT2D eigenvalue weighted by molar-refractivity contribution is -0.0481. The SMILES string of the molecule is O=c1ccn([C@@H]2O[C@H](c3nc(-c4ccccc4Cl)co3)[C@@H](O)[C@H]2O)c(=O)[nH]1. The predicted octanol–water partition coefficient (Wildman–Crippen LogP) is 0.837. The van der Waals surface area contributed by atoms with Gasteiger partial charge in [0.15, 0.2) is 12.3 Å². The highest BCUT2D eigenvalue weighted by Gasteiger charge is 2.47. The molecule has 3 N–H and O–H groups in total. The Balaban J connectivity index is 1.65. The number of H-pyrrole nitrogens is 1. The van der Waals surface area contributed by atoms with Gasteiger partial charge in [-0.3, -0.25) is 14.3 Å². The molecule has 1 aliphatic heterocycles. The zero-order valence-electron chi connectivity index (χ0n) is 13.7. The number of nitrogens with zero attached hydrogens (tertiary/aromatic N) is 2. The molecule has 4 atom stereocenters. The Morgan fingerprint density at radius 2 is 1.93 bits per heavy atom. The monoisotopic (exact) mass is 391 g/mol. The number of oxazole rings is 1.